The van der Waals surface area contributed by atoms with Crippen LogP contribution in [0.15, 0.2) is 41.4 Å². The van der Waals surface area contributed by atoms with Gasteiger partial charge in [0.25, 0.3) is 11.8 Å². The third-order valence-electron chi connectivity index (χ3n) is 5.19. The van der Waals surface area contributed by atoms with Crippen LogP contribution in [0, 0.1) is 0 Å². The Labute approximate surface area is 180 Å². The maximum atomic E-state index is 13.1. The van der Waals surface area contributed by atoms with Gasteiger partial charge in [0.15, 0.2) is 6.61 Å². The second-order valence-electron chi connectivity index (χ2n) is 7.46. The number of hydrogen-bond acceptors (Lipinski definition) is 7. The van der Waals surface area contributed by atoms with Crippen molar-refractivity contribution in [3.8, 4) is 5.75 Å². The molecule has 10 nitrogen and oxygen atoms in total. The second-order valence-corrected chi connectivity index (χ2v) is 9.40. The number of ether oxygens (including phenoxy) is 1. The van der Waals surface area contributed by atoms with Crippen molar-refractivity contribution in [1.29, 1.82) is 0 Å². The number of nitrogens with one attached hydrogen (secondary N) is 1. The molecule has 0 atom stereocenters. The summed E-state index contributed by atoms with van der Waals surface area (Å²) in [5, 5.41) is 2.62. The Hall–Kier alpha value is -3.18. The smallest absolute Gasteiger partial charge is 0.262 e. The van der Waals surface area contributed by atoms with Crippen LogP contribution in [0.25, 0.3) is 0 Å². The van der Waals surface area contributed by atoms with Gasteiger partial charge >= 0.3 is 0 Å². The van der Waals surface area contributed by atoms with E-state index in [1.165, 1.54) is 22.5 Å². The standard InChI is InChI=1S/C20H23N5O5S/c1-23(2)19-15(4-3-7-21-19)20(27)24-8-10-25(11-9-24)31(28,29)14-5-6-17-16(12-14)22-18(26)13-30-17/h3-7,12H,8-11,13H2,1-2H3,(H,22,26). The molecule has 0 bridgehead atoms. The molecule has 0 aliphatic carbocycles. The number of fused-ring (bicyclic) bond motifs is 1. The van der Waals surface area contributed by atoms with Gasteiger partial charge in [-0.25, -0.2) is 13.4 Å². The van der Waals surface area contributed by atoms with Crippen LogP contribution in [0.2, 0.25) is 0 Å². The number of hydrogen-bond donors (Lipinski definition) is 1. The van der Waals surface area contributed by atoms with Crippen molar-refractivity contribution in [2.75, 3.05) is 57.1 Å². The Bertz CT molecular complexity index is 1130. The Kier molecular flexibility index (Phi) is 5.54. The fourth-order valence-electron chi connectivity index (χ4n) is 3.59. The second kappa shape index (κ2) is 8.16. The Morgan fingerprint density at radius 1 is 1.16 bits per heavy atom. The molecule has 0 spiro atoms. The summed E-state index contributed by atoms with van der Waals surface area (Å²) < 4.78 is 32.8. The molecular weight excluding hydrogens is 422 g/mol. The first-order valence-corrected chi connectivity index (χ1v) is 11.2. The van der Waals surface area contributed by atoms with Crippen molar-refractivity contribution in [2.45, 2.75) is 4.90 Å². The molecule has 2 aromatic rings. The van der Waals surface area contributed by atoms with Crippen LogP contribution in [-0.2, 0) is 14.8 Å². The number of sulfonamides is 1. The molecule has 2 aliphatic heterocycles. The number of piperazine rings is 1. The lowest BCUT2D eigenvalue weighted by molar-refractivity contribution is -0.118. The first-order chi connectivity index (χ1) is 14.8. The number of carbonyl (C=O) groups is 2. The van der Waals surface area contributed by atoms with Gasteiger partial charge in [-0.3, -0.25) is 9.59 Å². The van der Waals surface area contributed by atoms with Crippen LogP contribution in [-0.4, -0.2) is 81.3 Å². The molecule has 3 heterocycles. The number of rotatable bonds is 4. The minimum Gasteiger partial charge on any atom is -0.482 e. The first-order valence-electron chi connectivity index (χ1n) is 9.76. The highest BCUT2D eigenvalue weighted by molar-refractivity contribution is 7.89. The topological polar surface area (TPSA) is 112 Å². The molecular formula is C20H23N5O5S. The predicted molar refractivity (Wildman–Crippen MR) is 114 cm³/mol. The van der Waals surface area contributed by atoms with Gasteiger partial charge in [-0.05, 0) is 30.3 Å². The van der Waals surface area contributed by atoms with Gasteiger partial charge in [-0.2, -0.15) is 4.31 Å². The summed E-state index contributed by atoms with van der Waals surface area (Å²) in [5.74, 6) is 0.493. The Balaban J connectivity index is 1.48. The van der Waals surface area contributed by atoms with Crippen molar-refractivity contribution in [3.63, 3.8) is 0 Å². The normalized spacial score (nSPS) is 16.8. The predicted octanol–water partition coefficient (Wildman–Crippen LogP) is 0.625. The van der Waals surface area contributed by atoms with E-state index >= 15 is 0 Å². The third-order valence-corrected chi connectivity index (χ3v) is 7.08. The fourth-order valence-corrected chi connectivity index (χ4v) is 5.04. The molecule has 2 amide bonds. The van der Waals surface area contributed by atoms with Crippen LogP contribution >= 0.6 is 0 Å². The monoisotopic (exact) mass is 445 g/mol. The summed E-state index contributed by atoms with van der Waals surface area (Å²) in [5.41, 5.74) is 0.813. The quantitative estimate of drug-likeness (QED) is 0.734. The lowest BCUT2D eigenvalue weighted by atomic mass is 10.2. The van der Waals surface area contributed by atoms with Gasteiger partial charge in [0, 0.05) is 46.5 Å². The van der Waals surface area contributed by atoms with Crippen LogP contribution < -0.4 is 15.0 Å². The number of carbonyl (C=O) groups excluding carboxylic acids is 2. The van der Waals surface area contributed by atoms with Crippen LogP contribution in [0.5, 0.6) is 5.75 Å². The van der Waals surface area contributed by atoms with Crippen LogP contribution in [0.4, 0.5) is 11.5 Å². The first kappa shape index (κ1) is 21.1. The average molecular weight is 446 g/mol. The summed E-state index contributed by atoms with van der Waals surface area (Å²) in [6.45, 7) is 0.786. The largest absolute Gasteiger partial charge is 0.482 e. The zero-order valence-electron chi connectivity index (χ0n) is 17.2. The number of nitrogens with zero attached hydrogens (tertiary/aromatic N) is 4. The number of pyridine rings is 1. The van der Waals surface area contributed by atoms with Crippen molar-refractivity contribution in [1.82, 2.24) is 14.2 Å². The average Bonchev–Trinajstić information content (AvgIpc) is 2.78. The zero-order chi connectivity index (χ0) is 22.2. The van der Waals surface area contributed by atoms with Gasteiger partial charge in [-0.1, -0.05) is 0 Å². The maximum absolute atomic E-state index is 13.1. The summed E-state index contributed by atoms with van der Waals surface area (Å²) in [7, 11) is -0.150. The summed E-state index contributed by atoms with van der Waals surface area (Å²) in [4.78, 5) is 32.2. The molecule has 31 heavy (non-hydrogen) atoms. The van der Waals surface area contributed by atoms with Crippen LogP contribution in [0.1, 0.15) is 10.4 Å². The molecule has 1 fully saturated rings. The number of anilines is 2. The van der Waals surface area contributed by atoms with Crippen molar-refractivity contribution in [3.05, 3.63) is 42.1 Å². The van der Waals surface area contributed by atoms with Gasteiger partial charge in [0.2, 0.25) is 10.0 Å². The van der Waals surface area contributed by atoms with Gasteiger partial charge in [0.05, 0.1) is 16.1 Å². The highest BCUT2D eigenvalue weighted by atomic mass is 32.2. The van der Waals surface area contributed by atoms with E-state index in [-0.39, 0.29) is 49.5 Å². The summed E-state index contributed by atoms with van der Waals surface area (Å²) in [6, 6.07) is 7.82. The minimum atomic E-state index is -3.78. The van der Waals surface area contributed by atoms with Crippen LogP contribution in [0.3, 0.4) is 0 Å². The SMILES string of the molecule is CN(C)c1ncccc1C(=O)N1CCN(S(=O)(=O)c2ccc3c(c2)NC(=O)CO3)CC1. The fraction of sp³-hybridized carbons (Fsp3) is 0.350. The Morgan fingerprint density at radius 2 is 1.90 bits per heavy atom. The lowest BCUT2D eigenvalue weighted by Gasteiger charge is -2.34. The minimum absolute atomic E-state index is 0.0685. The molecule has 1 saturated heterocycles. The van der Waals surface area contributed by atoms with Gasteiger partial charge in [-0.15, -0.1) is 0 Å². The molecule has 1 aromatic heterocycles. The highest BCUT2D eigenvalue weighted by Gasteiger charge is 2.32. The molecule has 11 heteroatoms. The molecule has 164 valence electrons. The lowest BCUT2D eigenvalue weighted by Crippen LogP contribution is -2.50. The van der Waals surface area contributed by atoms with E-state index < -0.39 is 10.0 Å². The number of amides is 2. The summed E-state index contributed by atoms with van der Waals surface area (Å²) in [6.07, 6.45) is 1.63. The number of aromatic nitrogens is 1. The van der Waals surface area contributed by atoms with Gasteiger partial charge < -0.3 is 19.9 Å². The van der Waals surface area contributed by atoms with E-state index in [9.17, 15) is 18.0 Å². The van der Waals surface area contributed by atoms with E-state index in [4.69, 9.17) is 4.74 Å². The van der Waals surface area contributed by atoms with E-state index in [1.807, 2.05) is 14.1 Å². The van der Waals surface area contributed by atoms with E-state index in [2.05, 4.69) is 10.3 Å². The molecule has 0 unspecified atom stereocenters. The molecule has 2 aliphatic rings. The van der Waals surface area contributed by atoms with Gasteiger partial charge in [0.1, 0.15) is 11.6 Å². The van der Waals surface area contributed by atoms with E-state index in [0.717, 1.165) is 0 Å². The third kappa shape index (κ3) is 4.06. The molecule has 0 saturated carbocycles. The molecule has 4 rings (SSSR count). The maximum Gasteiger partial charge on any atom is 0.262 e. The van der Waals surface area contributed by atoms with Crippen molar-refractivity contribution >= 4 is 33.3 Å². The van der Waals surface area contributed by atoms with Crippen molar-refractivity contribution in [2.24, 2.45) is 0 Å². The van der Waals surface area contributed by atoms with Crippen molar-refractivity contribution < 1.29 is 22.7 Å². The van der Waals surface area contributed by atoms with E-state index in [1.54, 1.807) is 28.1 Å². The Morgan fingerprint density at radius 3 is 2.61 bits per heavy atom. The zero-order valence-corrected chi connectivity index (χ0v) is 18.1. The highest BCUT2D eigenvalue weighted by Crippen LogP contribution is 2.31. The molecule has 1 aromatic carbocycles. The number of benzene rings is 1. The molecule has 1 N–H and O–H groups in total. The van der Waals surface area contributed by atoms with E-state index in [0.29, 0.717) is 22.8 Å². The molecule has 0 radical (unpaired) electrons. The summed E-state index contributed by atoms with van der Waals surface area (Å²) >= 11 is 0.